The van der Waals surface area contributed by atoms with E-state index in [-0.39, 0.29) is 11.2 Å². The minimum Gasteiger partial charge on any atom is -0.322 e. The zero-order valence-corrected chi connectivity index (χ0v) is 10.5. The molecule has 0 spiro atoms. The lowest BCUT2D eigenvalue weighted by molar-refractivity contribution is 0.693. The van der Waals surface area contributed by atoms with E-state index in [1.54, 1.807) is 7.05 Å². The molecule has 0 aliphatic heterocycles. The number of nitrogens with zero attached hydrogens (tertiary/aromatic N) is 4. The average molecular weight is 236 g/mol. The quantitative estimate of drug-likeness (QED) is 0.738. The number of rotatable bonds is 2. The Balaban J connectivity index is 3.10. The second-order valence-corrected chi connectivity index (χ2v) is 4.00. The molecule has 6 heteroatoms. The van der Waals surface area contributed by atoms with E-state index < -0.39 is 0 Å². The van der Waals surface area contributed by atoms with Gasteiger partial charge < -0.3 is 4.57 Å². The van der Waals surface area contributed by atoms with Crippen LogP contribution in [0.3, 0.4) is 0 Å². The summed E-state index contributed by atoms with van der Waals surface area (Å²) in [6, 6.07) is 0. The van der Waals surface area contributed by atoms with Gasteiger partial charge in [-0.15, -0.1) is 0 Å². The van der Waals surface area contributed by atoms with Crippen LogP contribution in [0.1, 0.15) is 19.7 Å². The van der Waals surface area contributed by atoms with Crippen LogP contribution in [0.2, 0.25) is 0 Å². The third kappa shape index (κ3) is 1.44. The first-order valence-corrected chi connectivity index (χ1v) is 5.68. The Hall–Kier alpha value is -1.85. The van der Waals surface area contributed by atoms with Gasteiger partial charge in [-0.3, -0.25) is 13.9 Å². The molecule has 0 unspecified atom stereocenters. The maximum Gasteiger partial charge on any atom is 0.332 e. The summed E-state index contributed by atoms with van der Waals surface area (Å²) >= 11 is 0. The molecule has 2 aromatic rings. The lowest BCUT2D eigenvalue weighted by Gasteiger charge is -2.05. The standard InChI is InChI=1S/C11H16N4O2/c1-5-7-12-9-8(15(7)6-2)10(16)14(4)11(17)13(9)3/h5-6H2,1-4H3. The summed E-state index contributed by atoms with van der Waals surface area (Å²) in [7, 11) is 3.12. The van der Waals surface area contributed by atoms with Crippen molar-refractivity contribution < 1.29 is 0 Å². The highest BCUT2D eigenvalue weighted by Crippen LogP contribution is 2.10. The molecular weight excluding hydrogens is 220 g/mol. The normalized spacial score (nSPS) is 11.3. The van der Waals surface area contributed by atoms with Crippen LogP contribution >= 0.6 is 0 Å². The highest BCUT2D eigenvalue weighted by Gasteiger charge is 2.16. The van der Waals surface area contributed by atoms with Gasteiger partial charge in [-0.25, -0.2) is 9.78 Å². The summed E-state index contributed by atoms with van der Waals surface area (Å²) in [6.45, 7) is 4.62. The number of fused-ring (bicyclic) bond motifs is 1. The lowest BCUT2D eigenvalue weighted by Crippen LogP contribution is -2.37. The van der Waals surface area contributed by atoms with Crippen LogP contribution in [0.15, 0.2) is 9.59 Å². The van der Waals surface area contributed by atoms with Crippen molar-refractivity contribution in [2.45, 2.75) is 26.8 Å². The summed E-state index contributed by atoms with van der Waals surface area (Å²) in [5, 5.41) is 0. The van der Waals surface area contributed by atoms with E-state index in [1.807, 2.05) is 18.4 Å². The first kappa shape index (κ1) is 11.6. The van der Waals surface area contributed by atoms with Crippen molar-refractivity contribution in [1.82, 2.24) is 18.7 Å². The van der Waals surface area contributed by atoms with Gasteiger partial charge in [-0.1, -0.05) is 6.92 Å². The van der Waals surface area contributed by atoms with Crippen molar-refractivity contribution in [3.05, 3.63) is 26.7 Å². The highest BCUT2D eigenvalue weighted by molar-refractivity contribution is 5.71. The fourth-order valence-corrected chi connectivity index (χ4v) is 2.10. The molecule has 0 saturated carbocycles. The molecule has 0 N–H and O–H groups in total. The second kappa shape index (κ2) is 3.87. The van der Waals surface area contributed by atoms with E-state index in [0.29, 0.717) is 17.7 Å². The molecule has 6 nitrogen and oxygen atoms in total. The van der Waals surface area contributed by atoms with Gasteiger partial charge in [0.25, 0.3) is 5.56 Å². The van der Waals surface area contributed by atoms with E-state index in [1.165, 1.54) is 11.6 Å². The maximum atomic E-state index is 12.1. The Labute approximate surface area is 98.1 Å². The van der Waals surface area contributed by atoms with Gasteiger partial charge >= 0.3 is 5.69 Å². The monoisotopic (exact) mass is 236 g/mol. The van der Waals surface area contributed by atoms with Crippen LogP contribution in [0.4, 0.5) is 0 Å². The third-order valence-corrected chi connectivity index (χ3v) is 3.06. The molecule has 2 heterocycles. The molecule has 0 radical (unpaired) electrons. The molecule has 2 aromatic heterocycles. The Morgan fingerprint density at radius 3 is 2.29 bits per heavy atom. The summed E-state index contributed by atoms with van der Waals surface area (Å²) in [6.07, 6.45) is 0.736. The SMILES string of the molecule is CCc1nc2c(c(=O)n(C)c(=O)n2C)n1CC. The zero-order valence-electron chi connectivity index (χ0n) is 10.5. The van der Waals surface area contributed by atoms with Gasteiger partial charge in [0, 0.05) is 27.1 Å². The van der Waals surface area contributed by atoms with Gasteiger partial charge in [0.1, 0.15) is 5.82 Å². The van der Waals surface area contributed by atoms with Crippen molar-refractivity contribution in [3.63, 3.8) is 0 Å². The number of aromatic nitrogens is 4. The van der Waals surface area contributed by atoms with Gasteiger partial charge in [0.05, 0.1) is 0 Å². The molecule has 0 aliphatic rings. The van der Waals surface area contributed by atoms with Crippen LogP contribution in [-0.4, -0.2) is 18.7 Å². The number of hydrogen-bond donors (Lipinski definition) is 0. The zero-order chi connectivity index (χ0) is 12.7. The molecule has 0 saturated heterocycles. The maximum absolute atomic E-state index is 12.1. The molecule has 0 amide bonds. The fourth-order valence-electron chi connectivity index (χ4n) is 2.10. The lowest BCUT2D eigenvalue weighted by atomic mass is 10.4. The summed E-state index contributed by atoms with van der Waals surface area (Å²) < 4.78 is 4.41. The summed E-state index contributed by atoms with van der Waals surface area (Å²) in [4.78, 5) is 28.3. The Morgan fingerprint density at radius 2 is 1.76 bits per heavy atom. The van der Waals surface area contributed by atoms with Crippen LogP contribution in [0.25, 0.3) is 11.2 Å². The largest absolute Gasteiger partial charge is 0.332 e. The van der Waals surface area contributed by atoms with Crippen molar-refractivity contribution in [2.24, 2.45) is 14.1 Å². The Kier molecular flexibility index (Phi) is 2.65. The average Bonchev–Trinajstić information content (AvgIpc) is 2.72. The van der Waals surface area contributed by atoms with E-state index in [9.17, 15) is 9.59 Å². The van der Waals surface area contributed by atoms with E-state index in [4.69, 9.17) is 0 Å². The third-order valence-electron chi connectivity index (χ3n) is 3.06. The Morgan fingerprint density at radius 1 is 1.12 bits per heavy atom. The number of aryl methyl sites for hydroxylation is 3. The van der Waals surface area contributed by atoms with Crippen molar-refractivity contribution >= 4 is 11.2 Å². The van der Waals surface area contributed by atoms with Gasteiger partial charge in [-0.05, 0) is 6.92 Å². The van der Waals surface area contributed by atoms with E-state index >= 15 is 0 Å². The first-order valence-electron chi connectivity index (χ1n) is 5.68. The topological polar surface area (TPSA) is 61.8 Å². The summed E-state index contributed by atoms with van der Waals surface area (Å²) in [5.41, 5.74) is 0.355. The van der Waals surface area contributed by atoms with E-state index in [0.717, 1.165) is 16.8 Å². The molecule has 0 fully saturated rings. The van der Waals surface area contributed by atoms with Crippen LogP contribution in [0, 0.1) is 0 Å². The van der Waals surface area contributed by atoms with Gasteiger partial charge in [-0.2, -0.15) is 0 Å². The molecule has 17 heavy (non-hydrogen) atoms. The van der Waals surface area contributed by atoms with Crippen molar-refractivity contribution in [2.75, 3.05) is 0 Å². The van der Waals surface area contributed by atoms with Crippen molar-refractivity contribution in [3.8, 4) is 0 Å². The minimum absolute atomic E-state index is 0.280. The molecule has 2 rings (SSSR count). The molecule has 92 valence electrons. The smallest absolute Gasteiger partial charge is 0.322 e. The minimum atomic E-state index is -0.342. The van der Waals surface area contributed by atoms with Crippen LogP contribution in [-0.2, 0) is 27.1 Å². The van der Waals surface area contributed by atoms with Crippen LogP contribution < -0.4 is 11.2 Å². The summed E-state index contributed by atoms with van der Waals surface area (Å²) in [5.74, 6) is 0.834. The molecular formula is C11H16N4O2. The Bertz CT molecular complexity index is 690. The van der Waals surface area contributed by atoms with Crippen LogP contribution in [0.5, 0.6) is 0 Å². The number of hydrogen-bond acceptors (Lipinski definition) is 3. The fraction of sp³-hybridized carbons (Fsp3) is 0.545. The molecule has 0 atom stereocenters. The predicted octanol–water partition coefficient (Wildman–Crippen LogP) is 0.0160. The second-order valence-electron chi connectivity index (χ2n) is 4.00. The molecule has 0 aliphatic carbocycles. The first-order chi connectivity index (χ1) is 8.02. The van der Waals surface area contributed by atoms with Gasteiger partial charge in [0.2, 0.25) is 0 Å². The van der Waals surface area contributed by atoms with Crippen molar-refractivity contribution in [1.29, 1.82) is 0 Å². The van der Waals surface area contributed by atoms with E-state index in [2.05, 4.69) is 4.98 Å². The predicted molar refractivity (Wildman–Crippen MR) is 65.3 cm³/mol. The molecule has 0 aromatic carbocycles. The number of imidazole rings is 1. The molecule has 0 bridgehead atoms. The highest BCUT2D eigenvalue weighted by atomic mass is 16.2. The van der Waals surface area contributed by atoms with Gasteiger partial charge in [0.15, 0.2) is 11.2 Å².